The van der Waals surface area contributed by atoms with E-state index in [1.807, 2.05) is 6.92 Å². The lowest BCUT2D eigenvalue weighted by molar-refractivity contribution is -0.143. The number of sulfonamides is 1. The molecule has 2 rings (SSSR count). The van der Waals surface area contributed by atoms with Gasteiger partial charge in [-0.25, -0.2) is 13.1 Å². The third-order valence-corrected chi connectivity index (χ3v) is 5.72. The van der Waals surface area contributed by atoms with Crippen molar-refractivity contribution < 1.29 is 23.1 Å². The second-order valence-corrected chi connectivity index (χ2v) is 8.60. The minimum absolute atomic E-state index is 0.0153. The summed E-state index contributed by atoms with van der Waals surface area (Å²) >= 11 is 0. The van der Waals surface area contributed by atoms with Crippen LogP contribution in [0.15, 0.2) is 24.3 Å². The molecule has 1 amide bonds. The Labute approximate surface area is 148 Å². The van der Waals surface area contributed by atoms with Crippen molar-refractivity contribution in [1.82, 2.24) is 9.62 Å². The van der Waals surface area contributed by atoms with Crippen molar-refractivity contribution in [2.75, 3.05) is 18.8 Å². The number of carbonyl (C=O) groups excluding carboxylic acids is 1. The number of carboxylic acid groups (broad SMARTS) is 1. The number of piperidine rings is 1. The van der Waals surface area contributed by atoms with Gasteiger partial charge in [0.2, 0.25) is 10.0 Å². The van der Waals surface area contributed by atoms with Crippen LogP contribution in [-0.4, -0.2) is 49.1 Å². The molecule has 1 fully saturated rings. The van der Waals surface area contributed by atoms with E-state index < -0.39 is 21.9 Å². The van der Waals surface area contributed by atoms with Gasteiger partial charge in [0.15, 0.2) is 0 Å². The topological polar surface area (TPSA) is 104 Å². The van der Waals surface area contributed by atoms with Crippen LogP contribution < -0.4 is 4.72 Å². The number of nitrogens with one attached hydrogen (secondary N) is 1. The van der Waals surface area contributed by atoms with Crippen molar-refractivity contribution in [2.45, 2.75) is 26.8 Å². The van der Waals surface area contributed by atoms with Crippen LogP contribution >= 0.6 is 0 Å². The molecule has 1 heterocycles. The second-order valence-electron chi connectivity index (χ2n) is 6.51. The number of hydrogen-bond acceptors (Lipinski definition) is 4. The molecule has 2 N–H and O–H groups in total. The van der Waals surface area contributed by atoms with Gasteiger partial charge in [-0.05, 0) is 37.0 Å². The number of amides is 1. The van der Waals surface area contributed by atoms with Gasteiger partial charge in [-0.3, -0.25) is 9.59 Å². The first kappa shape index (κ1) is 19.4. The number of nitrogens with zero attached hydrogens (tertiary/aromatic N) is 1. The van der Waals surface area contributed by atoms with E-state index >= 15 is 0 Å². The lowest BCUT2D eigenvalue weighted by atomic mass is 9.90. The third-order valence-electron chi connectivity index (χ3n) is 4.37. The van der Waals surface area contributed by atoms with Gasteiger partial charge in [0.25, 0.3) is 5.91 Å². The number of hydrogen-bond donors (Lipinski definition) is 2. The average molecular weight is 368 g/mol. The Bertz CT molecular complexity index is 730. The Morgan fingerprint density at radius 1 is 1.24 bits per heavy atom. The summed E-state index contributed by atoms with van der Waals surface area (Å²) in [6, 6.07) is 6.70. The molecule has 1 aliphatic heterocycles. The van der Waals surface area contributed by atoms with E-state index in [4.69, 9.17) is 0 Å². The monoisotopic (exact) mass is 368 g/mol. The van der Waals surface area contributed by atoms with Gasteiger partial charge in [-0.1, -0.05) is 19.1 Å². The van der Waals surface area contributed by atoms with Gasteiger partial charge >= 0.3 is 5.97 Å². The highest BCUT2D eigenvalue weighted by atomic mass is 32.2. The smallest absolute Gasteiger partial charge is 0.308 e. The molecule has 1 aliphatic rings. The molecule has 2 unspecified atom stereocenters. The summed E-state index contributed by atoms with van der Waals surface area (Å²) in [5.74, 6) is -1.44. The van der Waals surface area contributed by atoms with E-state index in [1.165, 1.54) is 0 Å². The van der Waals surface area contributed by atoms with Crippen molar-refractivity contribution in [3.8, 4) is 0 Å². The van der Waals surface area contributed by atoms with E-state index in [0.29, 0.717) is 18.5 Å². The van der Waals surface area contributed by atoms with E-state index in [0.717, 1.165) is 5.56 Å². The molecular weight excluding hydrogens is 344 g/mol. The molecule has 1 aromatic rings. The fourth-order valence-electron chi connectivity index (χ4n) is 2.94. The predicted molar refractivity (Wildman–Crippen MR) is 93.6 cm³/mol. The van der Waals surface area contributed by atoms with Crippen molar-refractivity contribution in [3.63, 3.8) is 0 Å². The lowest BCUT2D eigenvalue weighted by Crippen LogP contribution is -2.45. The first-order valence-electron chi connectivity index (χ1n) is 8.30. The fourth-order valence-corrected chi connectivity index (χ4v) is 3.53. The zero-order valence-electron chi connectivity index (χ0n) is 14.4. The molecule has 0 spiro atoms. The maximum absolute atomic E-state index is 12.6. The molecule has 7 nitrogen and oxygen atoms in total. The zero-order valence-corrected chi connectivity index (χ0v) is 15.3. The van der Waals surface area contributed by atoms with Crippen LogP contribution in [0.2, 0.25) is 0 Å². The molecule has 8 heteroatoms. The molecule has 138 valence electrons. The largest absolute Gasteiger partial charge is 0.481 e. The lowest BCUT2D eigenvalue weighted by Gasteiger charge is -2.34. The molecule has 0 radical (unpaired) electrons. The van der Waals surface area contributed by atoms with Gasteiger partial charge in [0.05, 0.1) is 11.7 Å². The second kappa shape index (κ2) is 7.97. The number of carbonyl (C=O) groups is 2. The van der Waals surface area contributed by atoms with Crippen molar-refractivity contribution >= 4 is 21.9 Å². The zero-order chi connectivity index (χ0) is 18.6. The van der Waals surface area contributed by atoms with Crippen LogP contribution in [0, 0.1) is 11.8 Å². The first-order valence-corrected chi connectivity index (χ1v) is 9.95. The molecule has 0 aliphatic carbocycles. The van der Waals surface area contributed by atoms with Gasteiger partial charge in [0.1, 0.15) is 0 Å². The minimum Gasteiger partial charge on any atom is -0.481 e. The normalized spacial score (nSPS) is 21.1. The van der Waals surface area contributed by atoms with Crippen LogP contribution in [0.25, 0.3) is 0 Å². The maximum Gasteiger partial charge on any atom is 0.308 e. The number of carboxylic acids is 1. The maximum atomic E-state index is 12.6. The summed E-state index contributed by atoms with van der Waals surface area (Å²) in [7, 11) is -3.26. The van der Waals surface area contributed by atoms with Gasteiger partial charge in [0, 0.05) is 25.2 Å². The van der Waals surface area contributed by atoms with E-state index in [2.05, 4.69) is 4.72 Å². The van der Waals surface area contributed by atoms with Crippen LogP contribution in [0.1, 0.15) is 36.2 Å². The van der Waals surface area contributed by atoms with Crippen LogP contribution in [0.4, 0.5) is 0 Å². The molecule has 0 saturated carbocycles. The molecule has 1 saturated heterocycles. The summed E-state index contributed by atoms with van der Waals surface area (Å²) in [5, 5.41) is 9.21. The van der Waals surface area contributed by atoms with Crippen LogP contribution in [0.5, 0.6) is 0 Å². The predicted octanol–water partition coefficient (Wildman–Crippen LogP) is 1.31. The Morgan fingerprint density at radius 2 is 1.88 bits per heavy atom. The highest BCUT2D eigenvalue weighted by molar-refractivity contribution is 7.89. The first-order chi connectivity index (χ1) is 11.7. The van der Waals surface area contributed by atoms with Crippen molar-refractivity contribution in [3.05, 3.63) is 35.4 Å². The Balaban J connectivity index is 2.03. The highest BCUT2D eigenvalue weighted by Gasteiger charge is 2.32. The highest BCUT2D eigenvalue weighted by Crippen LogP contribution is 2.23. The van der Waals surface area contributed by atoms with E-state index in [1.54, 1.807) is 36.1 Å². The van der Waals surface area contributed by atoms with E-state index in [-0.39, 0.29) is 30.7 Å². The summed E-state index contributed by atoms with van der Waals surface area (Å²) < 4.78 is 25.4. The minimum atomic E-state index is -3.26. The quantitative estimate of drug-likeness (QED) is 0.788. The summed E-state index contributed by atoms with van der Waals surface area (Å²) in [6.45, 7) is 4.44. The van der Waals surface area contributed by atoms with Gasteiger partial charge in [-0.15, -0.1) is 0 Å². The fraction of sp³-hybridized carbons (Fsp3) is 0.529. The molecule has 0 bridgehead atoms. The third kappa shape index (κ3) is 5.27. The molecule has 1 aromatic carbocycles. The summed E-state index contributed by atoms with van der Waals surface area (Å²) in [4.78, 5) is 25.4. The average Bonchev–Trinajstić information content (AvgIpc) is 2.59. The summed E-state index contributed by atoms with van der Waals surface area (Å²) in [5.41, 5.74) is 1.23. The molecule has 0 aromatic heterocycles. The Morgan fingerprint density at radius 3 is 2.44 bits per heavy atom. The molecule has 2 atom stereocenters. The van der Waals surface area contributed by atoms with Gasteiger partial charge in [-0.2, -0.15) is 0 Å². The van der Waals surface area contributed by atoms with E-state index in [9.17, 15) is 23.1 Å². The van der Waals surface area contributed by atoms with Crippen LogP contribution in [-0.2, 0) is 21.4 Å². The standard InChI is InChI=1S/C17H24N2O5S/c1-3-25(23,24)18-9-13-4-6-14(7-5-13)16(20)19-10-12(2)8-15(11-19)17(21)22/h4-7,12,15,18H,3,8-11H2,1-2H3,(H,21,22). The number of rotatable bonds is 6. The van der Waals surface area contributed by atoms with Crippen LogP contribution in [0.3, 0.4) is 0 Å². The Hall–Kier alpha value is -1.93. The van der Waals surface area contributed by atoms with Gasteiger partial charge < -0.3 is 10.0 Å². The van der Waals surface area contributed by atoms with Crippen molar-refractivity contribution in [2.24, 2.45) is 11.8 Å². The number of likely N-dealkylation sites (tertiary alicyclic amines) is 1. The summed E-state index contributed by atoms with van der Waals surface area (Å²) in [6.07, 6.45) is 0.579. The number of aliphatic carboxylic acids is 1. The molecular formula is C17H24N2O5S. The number of benzene rings is 1. The van der Waals surface area contributed by atoms with Crippen molar-refractivity contribution in [1.29, 1.82) is 0 Å². The SMILES string of the molecule is CCS(=O)(=O)NCc1ccc(C(=O)N2CC(C)CC(C(=O)O)C2)cc1. The molecule has 25 heavy (non-hydrogen) atoms. The Kier molecular flexibility index (Phi) is 6.18.